The summed E-state index contributed by atoms with van der Waals surface area (Å²) in [6.07, 6.45) is 9.36. The Morgan fingerprint density at radius 1 is 0.364 bits per heavy atom. The molecule has 0 saturated carbocycles. The SMILES string of the molecule is CC1(C)c2ccccc2-c2c(N(c3ccc4c(c3)-c3ccccc3C4(c3ccccc3)c3ccccc3)c3ccc4c(c3)C(C3=CCCC=C3)(c3ccccc3)c3ccccc3-4)cccc21. The van der Waals surface area contributed by atoms with Gasteiger partial charge in [0.2, 0.25) is 0 Å². The maximum atomic E-state index is 2.58. The summed E-state index contributed by atoms with van der Waals surface area (Å²) < 4.78 is 0. The predicted octanol–water partition coefficient (Wildman–Crippen LogP) is 16.4. The van der Waals surface area contributed by atoms with Crippen LogP contribution in [0.1, 0.15) is 76.8 Å². The van der Waals surface area contributed by atoms with E-state index in [0.717, 1.165) is 24.2 Å². The Kier molecular flexibility index (Phi) is 8.58. The van der Waals surface area contributed by atoms with E-state index in [1.54, 1.807) is 0 Å². The van der Waals surface area contributed by atoms with Gasteiger partial charge >= 0.3 is 0 Å². The highest BCUT2D eigenvalue weighted by atomic mass is 15.1. The van der Waals surface area contributed by atoms with Gasteiger partial charge in [0, 0.05) is 22.4 Å². The molecule has 314 valence electrons. The van der Waals surface area contributed by atoms with Gasteiger partial charge in [0.15, 0.2) is 0 Å². The molecule has 13 rings (SSSR count). The molecule has 66 heavy (non-hydrogen) atoms. The molecule has 0 amide bonds. The van der Waals surface area contributed by atoms with Crippen molar-refractivity contribution in [1.29, 1.82) is 0 Å². The van der Waals surface area contributed by atoms with Crippen molar-refractivity contribution < 1.29 is 0 Å². The molecule has 0 bridgehead atoms. The molecular formula is C65H49N. The first-order valence-electron chi connectivity index (χ1n) is 23.6. The third-order valence-electron chi connectivity index (χ3n) is 15.4. The molecule has 0 heterocycles. The fourth-order valence-corrected chi connectivity index (χ4v) is 12.7. The lowest BCUT2D eigenvalue weighted by molar-refractivity contribution is 0.660. The van der Waals surface area contributed by atoms with E-state index in [9.17, 15) is 0 Å². The highest BCUT2D eigenvalue weighted by Crippen LogP contribution is 2.61. The Morgan fingerprint density at radius 3 is 1.52 bits per heavy atom. The van der Waals surface area contributed by atoms with Crippen LogP contribution < -0.4 is 4.90 Å². The number of benzene rings is 9. The Balaban J connectivity index is 1.11. The zero-order valence-electron chi connectivity index (χ0n) is 37.4. The van der Waals surface area contributed by atoms with E-state index in [1.165, 1.54) is 94.7 Å². The van der Waals surface area contributed by atoms with Gasteiger partial charge in [0.25, 0.3) is 0 Å². The van der Waals surface area contributed by atoms with Gasteiger partial charge in [-0.1, -0.05) is 220 Å². The summed E-state index contributed by atoms with van der Waals surface area (Å²) in [7, 11) is 0. The van der Waals surface area contributed by atoms with Crippen LogP contribution in [0.2, 0.25) is 0 Å². The topological polar surface area (TPSA) is 3.24 Å². The fraction of sp³-hybridized carbons (Fsp3) is 0.108. The molecule has 1 nitrogen and oxygen atoms in total. The second-order valence-corrected chi connectivity index (χ2v) is 19.0. The molecule has 0 saturated heterocycles. The monoisotopic (exact) mass is 843 g/mol. The summed E-state index contributed by atoms with van der Waals surface area (Å²) in [6.45, 7) is 4.77. The molecule has 4 aliphatic rings. The maximum absolute atomic E-state index is 2.58. The maximum Gasteiger partial charge on any atom is 0.0713 e. The van der Waals surface area contributed by atoms with Gasteiger partial charge in [-0.25, -0.2) is 0 Å². The van der Waals surface area contributed by atoms with Crippen LogP contribution in [0.5, 0.6) is 0 Å². The van der Waals surface area contributed by atoms with E-state index in [2.05, 4.69) is 255 Å². The van der Waals surface area contributed by atoms with Gasteiger partial charge in [-0.3, -0.25) is 0 Å². The van der Waals surface area contributed by atoms with Crippen molar-refractivity contribution in [3.05, 3.63) is 292 Å². The predicted molar refractivity (Wildman–Crippen MR) is 274 cm³/mol. The summed E-state index contributed by atoms with van der Waals surface area (Å²) in [5.41, 5.74) is 23.3. The lowest BCUT2D eigenvalue weighted by Crippen LogP contribution is -2.29. The van der Waals surface area contributed by atoms with Crippen LogP contribution in [0.15, 0.2) is 242 Å². The molecule has 4 aliphatic carbocycles. The highest BCUT2D eigenvalue weighted by molar-refractivity contribution is 5.98. The smallest absolute Gasteiger partial charge is 0.0713 e. The lowest BCUT2D eigenvalue weighted by Gasteiger charge is -2.37. The van der Waals surface area contributed by atoms with Crippen LogP contribution in [-0.2, 0) is 16.2 Å². The van der Waals surface area contributed by atoms with E-state index in [4.69, 9.17) is 0 Å². The van der Waals surface area contributed by atoms with Crippen molar-refractivity contribution in [3.63, 3.8) is 0 Å². The number of nitrogens with zero attached hydrogens (tertiary/aromatic N) is 1. The van der Waals surface area contributed by atoms with Crippen molar-refractivity contribution in [2.45, 2.75) is 42.9 Å². The Hall–Kier alpha value is -7.74. The third-order valence-corrected chi connectivity index (χ3v) is 15.4. The molecule has 0 N–H and O–H groups in total. The summed E-state index contributed by atoms with van der Waals surface area (Å²) in [4.78, 5) is 2.58. The minimum absolute atomic E-state index is 0.155. The molecule has 1 atom stereocenters. The van der Waals surface area contributed by atoms with Gasteiger partial charge in [0.1, 0.15) is 0 Å². The Morgan fingerprint density at radius 2 is 0.864 bits per heavy atom. The first kappa shape index (κ1) is 38.7. The van der Waals surface area contributed by atoms with Crippen LogP contribution in [0.3, 0.4) is 0 Å². The van der Waals surface area contributed by atoms with Gasteiger partial charge in [0.05, 0.1) is 16.5 Å². The second kappa shape index (κ2) is 14.6. The number of allylic oxidation sites excluding steroid dienone is 4. The molecule has 0 aromatic heterocycles. The van der Waals surface area contributed by atoms with E-state index in [1.807, 2.05) is 0 Å². The average molecular weight is 844 g/mol. The van der Waals surface area contributed by atoms with E-state index in [0.29, 0.717) is 0 Å². The second-order valence-electron chi connectivity index (χ2n) is 19.0. The largest absolute Gasteiger partial charge is 0.310 e. The molecule has 0 spiro atoms. The zero-order valence-corrected chi connectivity index (χ0v) is 37.4. The van der Waals surface area contributed by atoms with Crippen molar-refractivity contribution in [1.82, 2.24) is 0 Å². The summed E-state index contributed by atoms with van der Waals surface area (Å²) in [5.74, 6) is 0. The Labute approximate surface area is 388 Å². The molecule has 0 fully saturated rings. The molecule has 1 heteroatoms. The van der Waals surface area contributed by atoms with Gasteiger partial charge < -0.3 is 4.90 Å². The van der Waals surface area contributed by atoms with Crippen molar-refractivity contribution in [2.75, 3.05) is 4.90 Å². The fourth-order valence-electron chi connectivity index (χ4n) is 12.7. The molecule has 9 aromatic carbocycles. The van der Waals surface area contributed by atoms with Crippen LogP contribution in [0, 0.1) is 0 Å². The number of rotatable bonds is 7. The summed E-state index contributed by atoms with van der Waals surface area (Å²) in [6, 6.07) is 82.4. The third kappa shape index (κ3) is 5.23. The lowest BCUT2D eigenvalue weighted by atomic mass is 9.66. The minimum atomic E-state index is -0.485. The molecular weight excluding hydrogens is 795 g/mol. The molecule has 9 aromatic rings. The molecule has 0 radical (unpaired) electrons. The van der Waals surface area contributed by atoms with Crippen molar-refractivity contribution >= 4 is 17.1 Å². The van der Waals surface area contributed by atoms with Crippen molar-refractivity contribution in [3.8, 4) is 33.4 Å². The number of fused-ring (bicyclic) bond motifs is 9. The molecule has 0 aliphatic heterocycles. The van der Waals surface area contributed by atoms with Crippen molar-refractivity contribution in [2.24, 2.45) is 0 Å². The number of hydrogen-bond donors (Lipinski definition) is 0. The van der Waals surface area contributed by atoms with Crippen LogP contribution in [-0.4, -0.2) is 0 Å². The van der Waals surface area contributed by atoms with Crippen LogP contribution >= 0.6 is 0 Å². The minimum Gasteiger partial charge on any atom is -0.310 e. The zero-order chi connectivity index (χ0) is 44.0. The number of hydrogen-bond acceptors (Lipinski definition) is 1. The highest BCUT2D eigenvalue weighted by Gasteiger charge is 2.49. The summed E-state index contributed by atoms with van der Waals surface area (Å²) in [5, 5.41) is 0. The normalized spacial score (nSPS) is 17.5. The van der Waals surface area contributed by atoms with Gasteiger partial charge in [-0.2, -0.15) is 0 Å². The average Bonchev–Trinajstić information content (AvgIpc) is 3.94. The van der Waals surface area contributed by atoms with E-state index >= 15 is 0 Å². The number of anilines is 3. The van der Waals surface area contributed by atoms with Gasteiger partial charge in [-0.15, -0.1) is 0 Å². The standard InChI is InChI=1S/C65H49N/c1-63(2)55-33-18-17-32-53(55)62-59(63)36-21-37-61(62)66(48-39-41-58-54(42-48)51-31-16-20-35-57(51)64(58,44-22-7-3-8-23-44)45-24-9-4-10-25-45)49-38-40-52-50-30-15-19-34-56(50)65(60(52)43-49,46-26-11-5-12-27-46)47-28-13-6-14-29-47/h3-5,7-13,15-43H,6,14H2,1-2H3. The van der Waals surface area contributed by atoms with Crippen LogP contribution in [0.25, 0.3) is 33.4 Å². The van der Waals surface area contributed by atoms with E-state index < -0.39 is 10.8 Å². The first-order valence-corrected chi connectivity index (χ1v) is 23.6. The first-order chi connectivity index (χ1) is 32.5. The quantitative estimate of drug-likeness (QED) is 0.154. The molecule has 1 unspecified atom stereocenters. The Bertz CT molecular complexity index is 3410. The van der Waals surface area contributed by atoms with E-state index in [-0.39, 0.29) is 5.41 Å². The summed E-state index contributed by atoms with van der Waals surface area (Å²) >= 11 is 0. The van der Waals surface area contributed by atoms with Gasteiger partial charge in [-0.05, 0) is 127 Å². The van der Waals surface area contributed by atoms with Crippen LogP contribution in [0.4, 0.5) is 17.1 Å².